The molecule has 4 aromatic rings. The van der Waals surface area contributed by atoms with Crippen molar-refractivity contribution in [1.82, 2.24) is 14.7 Å². The lowest BCUT2D eigenvalue weighted by molar-refractivity contribution is -0.120. The number of halogens is 3. The van der Waals surface area contributed by atoms with Gasteiger partial charge in [0.1, 0.15) is 28.8 Å². The molecule has 14 nitrogen and oxygen atoms in total. The van der Waals surface area contributed by atoms with Crippen LogP contribution in [-0.2, 0) is 9.59 Å². The van der Waals surface area contributed by atoms with Crippen molar-refractivity contribution in [1.29, 1.82) is 0 Å². The maximum atomic E-state index is 14.7. The zero-order chi connectivity index (χ0) is 49.9. The molecule has 0 aliphatic carbocycles. The number of rotatable bonds is 7. The lowest BCUT2D eigenvalue weighted by Gasteiger charge is -2.29. The van der Waals surface area contributed by atoms with Gasteiger partial charge in [-0.1, -0.05) is 6.07 Å². The molecular formula is C47H54F3N9O5S. The van der Waals surface area contributed by atoms with Crippen LogP contribution in [0.5, 0.6) is 0 Å². The molecule has 3 N–H and O–H groups in total. The molecule has 65 heavy (non-hydrogen) atoms. The third-order valence-corrected chi connectivity index (χ3v) is 9.40. The zero-order valence-corrected chi connectivity index (χ0v) is 39.5. The van der Waals surface area contributed by atoms with E-state index in [0.29, 0.717) is 28.4 Å². The summed E-state index contributed by atoms with van der Waals surface area (Å²) < 4.78 is 41.6. The summed E-state index contributed by atoms with van der Waals surface area (Å²) in [6.45, 7) is 25.8. The number of nitrogens with one attached hydrogen (secondary N) is 1. The van der Waals surface area contributed by atoms with Gasteiger partial charge in [0.05, 0.1) is 23.3 Å². The van der Waals surface area contributed by atoms with Gasteiger partial charge in [-0.2, -0.15) is 0 Å². The molecule has 1 fully saturated rings. The highest BCUT2D eigenvalue weighted by molar-refractivity contribution is 7.81. The highest BCUT2D eigenvalue weighted by Gasteiger charge is 2.50. The van der Waals surface area contributed by atoms with E-state index < -0.39 is 34.6 Å². The first-order chi connectivity index (χ1) is 30.0. The monoisotopic (exact) mass is 913 g/mol. The van der Waals surface area contributed by atoms with Crippen LogP contribution >= 0.6 is 12.2 Å². The Morgan fingerprint density at radius 3 is 1.55 bits per heavy atom. The van der Waals surface area contributed by atoms with Gasteiger partial charge in [-0.3, -0.25) is 28.9 Å². The van der Waals surface area contributed by atoms with Crippen LogP contribution in [0.15, 0.2) is 72.8 Å². The molecule has 18 heteroatoms. The van der Waals surface area contributed by atoms with Crippen molar-refractivity contribution in [2.45, 2.75) is 59.7 Å². The van der Waals surface area contributed by atoms with Crippen LogP contribution in [0.3, 0.4) is 0 Å². The van der Waals surface area contributed by atoms with Gasteiger partial charge in [0.2, 0.25) is 0 Å². The zero-order valence-electron chi connectivity index (χ0n) is 38.7. The topological polar surface area (TPSA) is 148 Å². The molecule has 0 bridgehead atoms. The standard InChI is InChI=1S/C22H21FN4O2S.C13H16FN3O.C9H11FN2O.C3H6O/c1-13-11-14(8-10-18(13)24-4)26-20(29)22(2,3)27(21(26)30)15-7-9-16(17(23)12-15)19(28)25(5)6;1-13(2,15-3)16-9-6-7-10(11(14)8-9)12(18)17(4)5;1-12(2)9(13)7-4-3-6(11)5-8(7)10;1-3(2)4/h7-12H,1-3,5-6H3;6-8,16H,1-2,4-5H3;3-5H,11H2,1-2H3;1-2H3. The number of nitrogen functional groups attached to an aromatic ring is 1. The van der Waals surface area contributed by atoms with Crippen molar-refractivity contribution in [3.05, 3.63) is 135 Å². The van der Waals surface area contributed by atoms with Crippen molar-refractivity contribution >= 4 is 75.2 Å². The van der Waals surface area contributed by atoms with Crippen LogP contribution < -0.4 is 20.9 Å². The molecule has 1 aliphatic rings. The van der Waals surface area contributed by atoms with E-state index in [4.69, 9.17) is 31.1 Å². The minimum absolute atomic E-state index is 0.0196. The Morgan fingerprint density at radius 2 is 1.15 bits per heavy atom. The van der Waals surface area contributed by atoms with E-state index in [2.05, 4.69) is 15.0 Å². The number of amides is 4. The van der Waals surface area contributed by atoms with E-state index in [1.165, 1.54) is 69.8 Å². The Morgan fingerprint density at radius 1 is 0.723 bits per heavy atom. The Hall–Kier alpha value is -7.31. The first-order valence-electron chi connectivity index (χ1n) is 19.6. The highest BCUT2D eigenvalue weighted by Crippen LogP contribution is 2.38. The number of aryl methyl sites for hydroxylation is 1. The Balaban J connectivity index is 0.000000351. The van der Waals surface area contributed by atoms with Crippen LogP contribution in [-0.4, -0.2) is 103 Å². The molecule has 1 aliphatic heterocycles. The highest BCUT2D eigenvalue weighted by atomic mass is 32.1. The Labute approximate surface area is 384 Å². The number of hydrogen-bond donors (Lipinski definition) is 2. The third-order valence-electron chi connectivity index (χ3n) is 9.04. The third kappa shape index (κ3) is 13.8. The predicted molar refractivity (Wildman–Crippen MR) is 252 cm³/mol. The van der Waals surface area contributed by atoms with Gasteiger partial charge in [-0.25, -0.2) is 24.6 Å². The number of ketones is 1. The van der Waals surface area contributed by atoms with Crippen LogP contribution in [0.25, 0.3) is 9.69 Å². The summed E-state index contributed by atoms with van der Waals surface area (Å²) in [5, 5.41) is 3.09. The number of carbonyl (C=O) groups is 5. The summed E-state index contributed by atoms with van der Waals surface area (Å²) in [7, 11) is 9.36. The lowest BCUT2D eigenvalue weighted by Crippen LogP contribution is -2.44. The van der Waals surface area contributed by atoms with Gasteiger partial charge in [0, 0.05) is 78.9 Å². The minimum Gasteiger partial charge on any atom is -0.399 e. The number of anilines is 4. The molecule has 0 unspecified atom stereocenters. The maximum Gasteiger partial charge on any atom is 0.299 e. The summed E-state index contributed by atoms with van der Waals surface area (Å²) in [4.78, 5) is 71.5. The molecule has 1 saturated heterocycles. The molecule has 344 valence electrons. The molecule has 0 radical (unpaired) electrons. The smallest absolute Gasteiger partial charge is 0.299 e. The summed E-state index contributed by atoms with van der Waals surface area (Å²) in [5.74, 6) is -3.17. The Bertz CT molecular complexity index is 2560. The molecule has 0 saturated carbocycles. The normalized spacial score (nSPS) is 12.4. The molecule has 0 spiro atoms. The molecule has 0 atom stereocenters. The molecular weight excluding hydrogens is 860 g/mol. The van der Waals surface area contributed by atoms with E-state index in [1.807, 2.05) is 0 Å². The van der Waals surface area contributed by atoms with E-state index in [9.17, 15) is 37.1 Å². The van der Waals surface area contributed by atoms with Gasteiger partial charge < -0.3 is 35.4 Å². The van der Waals surface area contributed by atoms with Gasteiger partial charge >= 0.3 is 0 Å². The van der Waals surface area contributed by atoms with Crippen molar-refractivity contribution < 1.29 is 37.1 Å². The minimum atomic E-state index is -1.07. The molecule has 5 rings (SSSR count). The quantitative estimate of drug-likeness (QED) is 0.106. The second-order valence-electron chi connectivity index (χ2n) is 16.3. The summed E-state index contributed by atoms with van der Waals surface area (Å²) in [6, 6.07) is 17.5. The average Bonchev–Trinajstić information content (AvgIpc) is 3.38. The number of Topliss-reactive ketones (excluding diaryl/α,β-unsaturated/α-hetero) is 1. The van der Waals surface area contributed by atoms with Crippen LogP contribution in [0.2, 0.25) is 0 Å². The number of benzene rings is 4. The second-order valence-corrected chi connectivity index (χ2v) is 16.7. The number of nitrogens with zero attached hydrogens (tertiary/aromatic N) is 7. The van der Waals surface area contributed by atoms with Gasteiger partial charge in [-0.05, 0) is 119 Å². The molecule has 1 heterocycles. The van der Waals surface area contributed by atoms with E-state index >= 15 is 0 Å². The van der Waals surface area contributed by atoms with Gasteiger partial charge in [0.25, 0.3) is 29.3 Å². The first-order valence-corrected chi connectivity index (χ1v) is 20.0. The number of nitrogens with two attached hydrogens (primary N) is 1. The SMILES string of the molecule is CC(C)=O.CN(C)C(=O)c1ccc(N)cc1F.[C-]#[N+]C(C)(C)Nc1ccc(C(=O)N(C)C)c(F)c1.[C-]#[N+]c1ccc(N2C(=O)C(C)(C)N(c3ccc(C(=O)N(C)C)c(F)c3)C2=S)cc1C. The fraction of sp³-hybridized carbons (Fsp3) is 0.319. The molecule has 4 aromatic carbocycles. The van der Waals surface area contributed by atoms with Crippen molar-refractivity contribution in [3.8, 4) is 0 Å². The summed E-state index contributed by atoms with van der Waals surface area (Å²) in [6.07, 6.45) is 0. The average molecular weight is 914 g/mol. The number of carbonyl (C=O) groups excluding carboxylic acids is 5. The number of hydrogen-bond acceptors (Lipinski definition) is 8. The van der Waals surface area contributed by atoms with Crippen molar-refractivity contribution in [2.75, 3.05) is 63.1 Å². The first kappa shape index (κ1) is 53.8. The molecule has 4 amide bonds. The van der Waals surface area contributed by atoms with E-state index in [-0.39, 0.29) is 45.3 Å². The number of thiocarbonyl (C=S) groups is 1. The fourth-order valence-electron chi connectivity index (χ4n) is 5.75. The maximum absolute atomic E-state index is 14.7. The van der Waals surface area contributed by atoms with Crippen molar-refractivity contribution in [2.24, 2.45) is 0 Å². The largest absolute Gasteiger partial charge is 0.399 e. The molecule has 0 aromatic heterocycles. The van der Waals surface area contributed by atoms with Crippen molar-refractivity contribution in [3.63, 3.8) is 0 Å². The summed E-state index contributed by atoms with van der Waals surface area (Å²) in [5.41, 5.74) is 6.41. The Kier molecular flexibility index (Phi) is 18.5. The van der Waals surface area contributed by atoms with E-state index in [1.54, 1.807) is 112 Å². The van der Waals surface area contributed by atoms with Crippen LogP contribution in [0.4, 0.5) is 41.6 Å². The second kappa shape index (κ2) is 22.4. The lowest BCUT2D eigenvalue weighted by atomic mass is 10.0. The van der Waals surface area contributed by atoms with Gasteiger partial charge in [0.15, 0.2) is 10.8 Å². The van der Waals surface area contributed by atoms with Crippen LogP contribution in [0, 0.1) is 37.5 Å². The predicted octanol–water partition coefficient (Wildman–Crippen LogP) is 8.60. The van der Waals surface area contributed by atoms with E-state index in [0.717, 1.165) is 11.6 Å². The fourth-order valence-corrected chi connectivity index (χ4v) is 6.27. The van der Waals surface area contributed by atoms with Crippen LogP contribution in [0.1, 0.15) is 78.2 Å². The summed E-state index contributed by atoms with van der Waals surface area (Å²) >= 11 is 5.60. The van der Waals surface area contributed by atoms with Gasteiger partial charge in [-0.15, -0.1) is 0 Å².